The second-order valence-corrected chi connectivity index (χ2v) is 2.77. The van der Waals surface area contributed by atoms with E-state index in [4.69, 9.17) is 4.42 Å². The Balaban J connectivity index is 2.88. The van der Waals surface area contributed by atoms with Crippen LogP contribution < -0.4 is 4.79 Å². The van der Waals surface area contributed by atoms with Crippen molar-refractivity contribution < 1.29 is 4.42 Å². The van der Waals surface area contributed by atoms with Gasteiger partial charge in [-0.2, -0.15) is 0 Å². The Morgan fingerprint density at radius 3 is 2.90 bits per heavy atom. The Morgan fingerprint density at radius 1 is 1.30 bits per heavy atom. The molecule has 0 N–H and O–H groups in total. The van der Waals surface area contributed by atoms with Crippen LogP contribution in [-0.4, -0.2) is 21.0 Å². The van der Waals surface area contributed by atoms with Crippen molar-refractivity contribution in [2.24, 2.45) is 0 Å². The van der Waals surface area contributed by atoms with Gasteiger partial charge in [0, 0.05) is 0 Å². The molecule has 0 atom stereocenters. The first kappa shape index (κ1) is 5.95. The van der Waals surface area contributed by atoms with E-state index in [1.54, 1.807) is 0 Å². The third-order valence-corrected chi connectivity index (χ3v) is 1.68. The summed E-state index contributed by atoms with van der Waals surface area (Å²) in [6.45, 7) is 0. The zero-order valence-electron chi connectivity index (χ0n) is 5.11. The van der Waals surface area contributed by atoms with Gasteiger partial charge in [0.25, 0.3) is 0 Å². The van der Waals surface area contributed by atoms with Crippen molar-refractivity contribution in [2.75, 3.05) is 0 Å². The monoisotopic (exact) mass is 199 g/mol. The van der Waals surface area contributed by atoms with Crippen LogP contribution in [0.15, 0.2) is 28.7 Å². The average molecular weight is 198 g/mol. The van der Waals surface area contributed by atoms with Crippen molar-refractivity contribution in [3.05, 3.63) is 24.3 Å². The normalized spacial score (nSPS) is 10.5. The Bertz CT molecular complexity index is 322. The van der Waals surface area contributed by atoms with Gasteiger partial charge in [0.2, 0.25) is 0 Å². The molecule has 1 aromatic carbocycles. The van der Waals surface area contributed by atoms with Crippen molar-refractivity contribution in [2.45, 2.75) is 0 Å². The van der Waals surface area contributed by atoms with Crippen molar-refractivity contribution in [3.8, 4) is 0 Å². The summed E-state index contributed by atoms with van der Waals surface area (Å²) in [6, 6.07) is 7.70. The third kappa shape index (κ3) is 0.838. The van der Waals surface area contributed by atoms with Gasteiger partial charge in [0.1, 0.15) is 0 Å². The Hall–Kier alpha value is -0.791. The number of fused-ring (bicyclic) bond motifs is 1. The maximum absolute atomic E-state index is 5.23. The molecule has 0 bridgehead atoms. The summed E-state index contributed by atoms with van der Waals surface area (Å²) in [6.07, 6.45) is 0. The van der Waals surface area contributed by atoms with Crippen LogP contribution >= 0.6 is 0 Å². The van der Waals surface area contributed by atoms with E-state index < -0.39 is 0 Å². The topological polar surface area (TPSA) is 26.0 Å². The molecular formula is C7H5NOSe. The van der Waals surface area contributed by atoms with Gasteiger partial charge < -0.3 is 0 Å². The van der Waals surface area contributed by atoms with Gasteiger partial charge in [-0.25, -0.2) is 0 Å². The number of hydrogen-bond donors (Lipinski definition) is 0. The number of oxazole rings is 1. The second kappa shape index (κ2) is 2.11. The number of aromatic nitrogens is 1. The predicted octanol–water partition coefficient (Wildman–Crippen LogP) is 0.354. The van der Waals surface area contributed by atoms with Crippen LogP contribution in [0.2, 0.25) is 0 Å². The van der Waals surface area contributed by atoms with Gasteiger partial charge in [-0.1, -0.05) is 0 Å². The van der Waals surface area contributed by atoms with Crippen molar-refractivity contribution >= 4 is 31.9 Å². The molecule has 10 heavy (non-hydrogen) atoms. The van der Waals surface area contributed by atoms with E-state index in [-0.39, 0.29) is 0 Å². The van der Waals surface area contributed by atoms with Gasteiger partial charge in [-0.3, -0.25) is 0 Å². The average Bonchev–Trinajstić information content (AvgIpc) is 2.27. The molecule has 0 saturated heterocycles. The van der Waals surface area contributed by atoms with Crippen molar-refractivity contribution in [1.29, 1.82) is 0 Å². The minimum atomic E-state index is 0.661. The Morgan fingerprint density at radius 2 is 2.10 bits per heavy atom. The first-order valence-corrected chi connectivity index (χ1v) is 3.84. The molecular weight excluding hydrogens is 193 g/mol. The Labute approximate surface area is 66.1 Å². The molecule has 2 nitrogen and oxygen atoms in total. The zero-order chi connectivity index (χ0) is 6.97. The fourth-order valence-corrected chi connectivity index (χ4v) is 1.29. The quantitative estimate of drug-likeness (QED) is 0.571. The van der Waals surface area contributed by atoms with Crippen molar-refractivity contribution in [1.82, 2.24) is 4.98 Å². The summed E-state index contributed by atoms with van der Waals surface area (Å²) in [5, 5.41) is 0. The molecule has 2 rings (SSSR count). The van der Waals surface area contributed by atoms with Crippen molar-refractivity contribution in [3.63, 3.8) is 0 Å². The summed E-state index contributed by atoms with van der Waals surface area (Å²) < 4.78 is 5.23. The van der Waals surface area contributed by atoms with E-state index >= 15 is 0 Å². The molecule has 0 saturated carbocycles. The van der Waals surface area contributed by atoms with Gasteiger partial charge in [-0.05, 0) is 0 Å². The molecule has 0 amide bonds. The van der Waals surface area contributed by atoms with Crippen LogP contribution in [0.25, 0.3) is 11.1 Å². The zero-order valence-corrected chi connectivity index (χ0v) is 6.99. The number of rotatable bonds is 0. The van der Waals surface area contributed by atoms with E-state index in [1.807, 2.05) is 24.3 Å². The fraction of sp³-hybridized carbons (Fsp3) is 0. The summed E-state index contributed by atoms with van der Waals surface area (Å²) in [5.41, 5.74) is 1.76. The van der Waals surface area contributed by atoms with Gasteiger partial charge in [0.05, 0.1) is 0 Å². The van der Waals surface area contributed by atoms with Crippen LogP contribution in [0.1, 0.15) is 0 Å². The van der Waals surface area contributed by atoms with Gasteiger partial charge in [0.15, 0.2) is 0 Å². The standard InChI is InChI=1S/C7H5NOSe/c10-7-8-5-3-1-2-4-6(5)9-7/h1-4H,(H,8,10). The molecule has 1 heterocycles. The molecule has 0 unspecified atom stereocenters. The van der Waals surface area contributed by atoms with Crippen LogP contribution in [0, 0.1) is 0 Å². The molecule has 0 aliphatic rings. The fourth-order valence-electron chi connectivity index (χ4n) is 0.860. The van der Waals surface area contributed by atoms with Crippen LogP contribution in [0.5, 0.6) is 0 Å². The van der Waals surface area contributed by atoms with Crippen LogP contribution in [0.4, 0.5) is 0 Å². The van der Waals surface area contributed by atoms with Gasteiger partial charge in [-0.15, -0.1) is 0 Å². The molecule has 0 aliphatic heterocycles. The first-order valence-electron chi connectivity index (χ1n) is 2.91. The van der Waals surface area contributed by atoms with Crippen LogP contribution in [-0.2, 0) is 0 Å². The maximum atomic E-state index is 5.23. The molecule has 50 valence electrons. The van der Waals surface area contributed by atoms with Crippen LogP contribution in [0.3, 0.4) is 0 Å². The second-order valence-electron chi connectivity index (χ2n) is 1.96. The van der Waals surface area contributed by atoms with Gasteiger partial charge >= 0.3 is 65.6 Å². The summed E-state index contributed by atoms with van der Waals surface area (Å²) in [4.78, 5) is 4.78. The van der Waals surface area contributed by atoms with E-state index in [2.05, 4.69) is 21.0 Å². The summed E-state index contributed by atoms with van der Waals surface area (Å²) in [5.74, 6) is 0. The number of benzene rings is 1. The molecule has 0 spiro atoms. The SMILES string of the molecule is [SeH]c1nc2ccccc2o1. The number of nitrogens with zero attached hydrogens (tertiary/aromatic N) is 1. The van der Waals surface area contributed by atoms with E-state index in [0.717, 1.165) is 11.1 Å². The van der Waals surface area contributed by atoms with E-state index in [0.29, 0.717) is 4.79 Å². The molecule has 1 aromatic heterocycles. The Kier molecular flexibility index (Phi) is 1.26. The molecule has 0 radical (unpaired) electrons. The van der Waals surface area contributed by atoms with E-state index in [1.165, 1.54) is 0 Å². The first-order chi connectivity index (χ1) is 4.86. The molecule has 2 aromatic rings. The number of hydrogen-bond acceptors (Lipinski definition) is 2. The number of para-hydroxylation sites is 2. The van der Waals surface area contributed by atoms with E-state index in [9.17, 15) is 0 Å². The summed E-state index contributed by atoms with van der Waals surface area (Å²) >= 11 is 2.28. The minimum absolute atomic E-state index is 0.661. The molecule has 3 heteroatoms. The predicted molar refractivity (Wildman–Crippen MR) is 40.8 cm³/mol. The third-order valence-electron chi connectivity index (χ3n) is 1.28. The molecule has 0 aliphatic carbocycles. The summed E-state index contributed by atoms with van der Waals surface area (Å²) in [7, 11) is 0. The molecule has 0 fully saturated rings.